The maximum absolute atomic E-state index is 6.91. The summed E-state index contributed by atoms with van der Waals surface area (Å²) in [6, 6.07) is 0. The van der Waals surface area contributed by atoms with Crippen molar-refractivity contribution in [3.8, 4) is 0 Å². The van der Waals surface area contributed by atoms with E-state index in [-0.39, 0.29) is 0 Å². The first-order valence-corrected chi connectivity index (χ1v) is 6.85. The molecular formula is CH3Br2PS. The summed E-state index contributed by atoms with van der Waals surface area (Å²) in [5.74, 6) is 0. The third-order valence-electron chi connectivity index (χ3n) is 0.0976. The average molecular weight is 239 g/mol. The van der Waals surface area contributed by atoms with Crippen molar-refractivity contribution >= 4 is 47.7 Å². The predicted molar refractivity (Wildman–Crippen MR) is 38.6 cm³/mol. The van der Waals surface area contributed by atoms with Gasteiger partial charge >= 0.3 is 0 Å². The summed E-state index contributed by atoms with van der Waals surface area (Å²) in [5, 5.41) is 0. The second-order valence-corrected chi connectivity index (χ2v) is 4.73. The van der Waals surface area contributed by atoms with Gasteiger partial charge in [0.05, 0.1) is 1.28 Å². The highest BCUT2D eigenvalue weighted by molar-refractivity contribution is 9.50. The zero-order valence-corrected chi connectivity index (χ0v) is 7.20. The van der Waals surface area contributed by atoms with Gasteiger partial charge in [0.15, 0.2) is 0 Å². The van der Waals surface area contributed by atoms with Crippen molar-refractivity contribution in [3.05, 3.63) is 0 Å². The summed E-state index contributed by atoms with van der Waals surface area (Å²) >= 11 is 6.25. The summed E-state index contributed by atoms with van der Waals surface area (Å²) in [5.41, 5.74) is 0.856. The van der Waals surface area contributed by atoms with Crippen molar-refractivity contribution in [2.45, 2.75) is 0 Å². The van der Waals surface area contributed by atoms with Gasteiger partial charge in [-0.15, -0.1) is 0 Å². The third kappa shape index (κ3) is 5.74. The maximum atomic E-state index is 6.91. The molecule has 0 amide bonds. The molecule has 0 radical (unpaired) electrons. The van der Waals surface area contributed by atoms with E-state index in [1.807, 2.05) is 0 Å². The molecule has 0 N–H and O–H groups in total. The van der Waals surface area contributed by atoms with Crippen LogP contribution in [0.5, 0.6) is 0 Å². The van der Waals surface area contributed by atoms with E-state index in [1.165, 1.54) is 10.2 Å². The predicted octanol–water partition coefficient (Wildman–Crippen LogP) is 2.98. The van der Waals surface area contributed by atoms with Crippen molar-refractivity contribution in [2.75, 3.05) is 5.49 Å². The molecule has 5 heavy (non-hydrogen) atoms. The number of hydrogen-bond acceptors (Lipinski definition) is 1. The molecular weight excluding hydrogens is 235 g/mol. The molecule has 1 unspecified atom stereocenters. The van der Waals surface area contributed by atoms with Gasteiger partial charge in [-0.05, 0) is 22.0 Å². The highest BCUT2D eigenvalue weighted by Gasteiger charge is 1.71. The molecule has 0 aliphatic rings. The van der Waals surface area contributed by atoms with Crippen LogP contribution in [0.1, 0.15) is 0 Å². The quantitative estimate of drug-likeness (QED) is 0.667. The van der Waals surface area contributed by atoms with E-state index in [1.54, 1.807) is 0 Å². The molecule has 0 aliphatic heterocycles. The van der Waals surface area contributed by atoms with Crippen LogP contribution in [0, 0.1) is 0 Å². The zero-order valence-electron chi connectivity index (χ0n) is 3.32. The smallest absolute Gasteiger partial charge is 0.0708 e. The molecule has 32 valence electrons. The Morgan fingerprint density at radius 3 is 2.80 bits per heavy atom. The van der Waals surface area contributed by atoms with Gasteiger partial charge in [-0.1, -0.05) is 25.7 Å². The Labute approximate surface area is 54.5 Å². The topological polar surface area (TPSA) is 0 Å². The minimum atomic E-state index is -0.622. The molecule has 0 fully saturated rings. The van der Waals surface area contributed by atoms with E-state index in [2.05, 4.69) is 30.3 Å². The van der Waals surface area contributed by atoms with E-state index in [9.17, 15) is 0 Å². The third-order valence-corrected chi connectivity index (χ3v) is 4.56. The molecule has 0 nitrogen and oxygen atoms in total. The molecule has 0 spiro atoms. The maximum Gasteiger partial charge on any atom is 0.0708 e. The van der Waals surface area contributed by atoms with Crippen LogP contribution in [-0.2, 0) is 0 Å². The summed E-state index contributed by atoms with van der Waals surface area (Å²) in [6.45, 7) is 0. The van der Waals surface area contributed by atoms with Crippen LogP contribution < -0.4 is 0 Å². The van der Waals surface area contributed by atoms with Gasteiger partial charge in [0.25, 0.3) is 0 Å². The highest BCUT2D eigenvalue weighted by Crippen LogP contribution is 2.28. The monoisotopic (exact) mass is 237 g/mol. The minimum absolute atomic E-state index is 0.622. The van der Waals surface area contributed by atoms with E-state index in [0.717, 1.165) is 5.49 Å². The fraction of sp³-hybridized carbons (Fsp3) is 1.00. The van der Waals surface area contributed by atoms with Crippen molar-refractivity contribution in [2.24, 2.45) is 0 Å². The lowest BCUT2D eigenvalue weighted by Gasteiger charge is -1.76. The Bertz CT molecular complexity index is 34.7. The van der Waals surface area contributed by atoms with Gasteiger partial charge in [0.1, 0.15) is 0 Å². The minimum Gasteiger partial charge on any atom is -0.0782 e. The lowest BCUT2D eigenvalue weighted by Crippen LogP contribution is -1.39. The second-order valence-electron chi connectivity index (χ2n) is 0.358. The van der Waals surface area contributed by atoms with Gasteiger partial charge in [-0.3, -0.25) is 0 Å². The van der Waals surface area contributed by atoms with Crippen LogP contribution in [0.25, 0.3) is 0 Å². The van der Waals surface area contributed by atoms with Crippen LogP contribution in [0.15, 0.2) is 0 Å². The van der Waals surface area contributed by atoms with Crippen LogP contribution in [0.4, 0.5) is 0 Å². The normalized spacial score (nSPS) is 17.6. The van der Waals surface area contributed by atoms with Crippen molar-refractivity contribution in [3.63, 3.8) is 0 Å². The van der Waals surface area contributed by atoms with Crippen molar-refractivity contribution in [1.29, 1.82) is 1.28 Å². The largest absolute Gasteiger partial charge is 0.0782 e. The number of rotatable bonds is 2. The zero-order chi connectivity index (χ0) is 4.99. The molecule has 0 saturated heterocycles. The SMILES string of the molecule is [2H]P(Br)CSBr. The molecule has 0 saturated carbocycles. The molecule has 0 bridgehead atoms. The fourth-order valence-electron chi connectivity index (χ4n) is 0.0184. The summed E-state index contributed by atoms with van der Waals surface area (Å²) in [4.78, 5) is 0. The average Bonchev–Trinajstić information content (AvgIpc) is 1.35. The van der Waals surface area contributed by atoms with E-state index in [4.69, 9.17) is 1.28 Å². The first-order chi connectivity index (χ1) is 2.77. The Morgan fingerprint density at radius 1 is 2.20 bits per heavy atom. The van der Waals surface area contributed by atoms with E-state index < -0.39 is 7.23 Å². The van der Waals surface area contributed by atoms with Gasteiger partial charge in [0, 0.05) is 5.49 Å². The number of halogens is 2. The van der Waals surface area contributed by atoms with Crippen LogP contribution in [-0.4, -0.2) is 6.77 Å². The van der Waals surface area contributed by atoms with Gasteiger partial charge < -0.3 is 0 Å². The van der Waals surface area contributed by atoms with Crippen molar-refractivity contribution in [1.82, 2.24) is 0 Å². The molecule has 0 aliphatic carbocycles. The number of hydrogen-bond donors (Lipinski definition) is 0. The van der Waals surface area contributed by atoms with Crippen molar-refractivity contribution < 1.29 is 0 Å². The van der Waals surface area contributed by atoms with Gasteiger partial charge in [0.2, 0.25) is 0 Å². The molecule has 0 aromatic rings. The molecule has 0 aromatic carbocycles. The highest BCUT2D eigenvalue weighted by atomic mass is 79.9. The Balaban J connectivity index is 2.63. The lowest BCUT2D eigenvalue weighted by molar-refractivity contribution is 2.33. The Kier molecular flexibility index (Phi) is 5.61. The molecule has 4 heteroatoms. The van der Waals surface area contributed by atoms with Crippen LogP contribution in [0.3, 0.4) is 0 Å². The molecule has 0 rings (SSSR count). The Hall–Kier alpha value is 1.74. The lowest BCUT2D eigenvalue weighted by atomic mass is 11.9. The summed E-state index contributed by atoms with van der Waals surface area (Å²) < 4.78 is 6.91. The van der Waals surface area contributed by atoms with Gasteiger partial charge in [-0.25, -0.2) is 0 Å². The molecule has 0 heterocycles. The standard InChI is InChI=1S/CH3Br2PS/c2-4-1-5-3/h4H,1H2/i4D. The van der Waals surface area contributed by atoms with Crippen LogP contribution in [0.2, 0.25) is 0 Å². The summed E-state index contributed by atoms with van der Waals surface area (Å²) in [6.07, 6.45) is 0. The van der Waals surface area contributed by atoms with E-state index in [0.29, 0.717) is 0 Å². The van der Waals surface area contributed by atoms with Gasteiger partial charge in [-0.2, -0.15) is 0 Å². The van der Waals surface area contributed by atoms with E-state index >= 15 is 0 Å². The first kappa shape index (κ1) is 4.89. The molecule has 1 atom stereocenters. The Morgan fingerprint density at radius 2 is 2.80 bits per heavy atom. The summed E-state index contributed by atoms with van der Waals surface area (Å²) in [7, 11) is 0.895. The first-order valence-electron chi connectivity index (χ1n) is 1.38. The second kappa shape index (κ2) is 5.74. The van der Waals surface area contributed by atoms with Crippen LogP contribution >= 0.6 is 47.7 Å². The molecule has 0 aromatic heterocycles. The fourth-order valence-corrected chi connectivity index (χ4v) is 4.48.